The first-order valence-electron chi connectivity index (χ1n) is 13.0. The lowest BCUT2D eigenvalue weighted by Crippen LogP contribution is -2.29. The number of ether oxygens (including phenoxy) is 3. The van der Waals surface area contributed by atoms with Crippen LogP contribution >= 0.6 is 11.3 Å². The number of aliphatic hydroxyl groups excluding tert-OH is 1. The highest BCUT2D eigenvalue weighted by molar-refractivity contribution is 7.17. The first-order chi connectivity index (χ1) is 19.3. The Morgan fingerprint density at radius 3 is 2.52 bits per heavy atom. The van der Waals surface area contributed by atoms with Crippen molar-refractivity contribution in [3.63, 3.8) is 0 Å². The Hall–Kier alpha value is -4.25. The third-order valence-corrected chi connectivity index (χ3v) is 7.50. The van der Waals surface area contributed by atoms with Crippen LogP contribution in [0.4, 0.5) is 5.13 Å². The van der Waals surface area contributed by atoms with Crippen molar-refractivity contribution in [2.75, 3.05) is 25.2 Å². The van der Waals surface area contributed by atoms with Crippen LogP contribution in [0.25, 0.3) is 5.76 Å². The summed E-state index contributed by atoms with van der Waals surface area (Å²) in [6.45, 7) is 6.12. The predicted octanol–water partition coefficient (Wildman–Crippen LogP) is 5.23. The summed E-state index contributed by atoms with van der Waals surface area (Å²) in [5.41, 5.74) is 1.04. The smallest absolute Gasteiger partial charge is 0.350 e. The molecular weight excluding hydrogens is 534 g/mol. The van der Waals surface area contributed by atoms with Gasteiger partial charge in [-0.25, -0.2) is 9.78 Å². The molecule has 11 heteroatoms. The number of unbranched alkanes of at least 4 members (excludes halogenated alkanes) is 2. The first-order valence-corrected chi connectivity index (χ1v) is 13.8. The van der Waals surface area contributed by atoms with Crippen molar-refractivity contribution >= 4 is 39.9 Å². The molecule has 1 aliphatic heterocycles. The maximum atomic E-state index is 13.5. The number of Topliss-reactive ketones (excluding diaryl/α,β-unsaturated/α-hetero) is 1. The van der Waals surface area contributed by atoms with E-state index in [1.165, 1.54) is 24.4 Å². The van der Waals surface area contributed by atoms with Gasteiger partial charge in [-0.15, -0.1) is 0 Å². The van der Waals surface area contributed by atoms with E-state index in [1.807, 2.05) is 0 Å². The lowest BCUT2D eigenvalue weighted by molar-refractivity contribution is -0.132. The fourth-order valence-corrected chi connectivity index (χ4v) is 5.38. The molecule has 0 spiro atoms. The highest BCUT2D eigenvalue weighted by atomic mass is 32.1. The number of methoxy groups -OCH3 is 1. The van der Waals surface area contributed by atoms with E-state index >= 15 is 0 Å². The van der Waals surface area contributed by atoms with Crippen molar-refractivity contribution in [3.05, 3.63) is 70.0 Å². The molecule has 0 aliphatic carbocycles. The average Bonchev–Trinajstić information content (AvgIpc) is 3.47. The van der Waals surface area contributed by atoms with E-state index in [1.54, 1.807) is 44.2 Å². The maximum absolute atomic E-state index is 13.5. The van der Waals surface area contributed by atoms with Gasteiger partial charge in [0.1, 0.15) is 10.6 Å². The summed E-state index contributed by atoms with van der Waals surface area (Å²) in [5, 5.41) is 11.4. The molecule has 0 radical (unpaired) electrons. The van der Waals surface area contributed by atoms with Crippen LogP contribution in [0.1, 0.15) is 65.6 Å². The minimum absolute atomic E-state index is 0.125. The number of benzene rings is 1. The number of amides is 1. The van der Waals surface area contributed by atoms with Gasteiger partial charge in [-0.3, -0.25) is 19.5 Å². The molecule has 40 heavy (non-hydrogen) atoms. The summed E-state index contributed by atoms with van der Waals surface area (Å²) >= 11 is 0.944. The molecule has 1 saturated heterocycles. The van der Waals surface area contributed by atoms with Gasteiger partial charge in [0.15, 0.2) is 16.6 Å². The van der Waals surface area contributed by atoms with Gasteiger partial charge in [-0.2, -0.15) is 0 Å². The van der Waals surface area contributed by atoms with Crippen LogP contribution in [0.5, 0.6) is 11.5 Å². The molecule has 1 aliphatic rings. The number of carbonyl (C=O) groups is 3. The van der Waals surface area contributed by atoms with Gasteiger partial charge in [0, 0.05) is 18.0 Å². The van der Waals surface area contributed by atoms with Crippen LogP contribution < -0.4 is 14.4 Å². The second-order valence-electron chi connectivity index (χ2n) is 9.00. The quantitative estimate of drug-likeness (QED) is 0.109. The Bertz CT molecular complexity index is 1430. The molecular formula is C29H31N3O7S. The number of aryl methyl sites for hydroxylation is 1. The maximum Gasteiger partial charge on any atom is 0.350 e. The fourth-order valence-electron chi connectivity index (χ4n) is 4.39. The van der Waals surface area contributed by atoms with Crippen molar-refractivity contribution in [1.29, 1.82) is 0 Å². The molecule has 1 N–H and O–H groups in total. The van der Waals surface area contributed by atoms with E-state index in [2.05, 4.69) is 16.9 Å². The van der Waals surface area contributed by atoms with Gasteiger partial charge in [-0.05, 0) is 50.1 Å². The topological polar surface area (TPSA) is 128 Å². The second-order valence-corrected chi connectivity index (χ2v) is 9.98. The molecule has 1 fully saturated rings. The number of anilines is 1. The highest BCUT2D eigenvalue weighted by Crippen LogP contribution is 2.45. The minimum Gasteiger partial charge on any atom is -0.507 e. The Morgan fingerprint density at radius 2 is 1.85 bits per heavy atom. The SMILES string of the molecule is CCCCCOc1ccc(C2/C(=C(\O)c3ccncc3)C(=O)C(=O)N2c2nc(C)c(C(=O)OCC)s2)cc1OC. The fraction of sp³-hybridized carbons (Fsp3) is 0.345. The Labute approximate surface area is 236 Å². The molecule has 1 unspecified atom stereocenters. The third kappa shape index (κ3) is 5.69. The normalized spacial score (nSPS) is 16.3. The number of thiazole rings is 1. The van der Waals surface area contributed by atoms with E-state index in [-0.39, 0.29) is 27.9 Å². The largest absolute Gasteiger partial charge is 0.507 e. The van der Waals surface area contributed by atoms with Gasteiger partial charge in [-0.1, -0.05) is 37.2 Å². The van der Waals surface area contributed by atoms with E-state index in [0.717, 1.165) is 30.6 Å². The Balaban J connectivity index is 1.85. The zero-order valence-electron chi connectivity index (χ0n) is 22.8. The average molecular weight is 566 g/mol. The summed E-state index contributed by atoms with van der Waals surface area (Å²) in [6, 6.07) is 7.12. The first kappa shape index (κ1) is 28.8. The van der Waals surface area contributed by atoms with Crippen LogP contribution in [0, 0.1) is 6.92 Å². The number of hydrogen-bond donors (Lipinski definition) is 1. The van der Waals surface area contributed by atoms with Gasteiger partial charge in [0.05, 0.1) is 37.6 Å². The molecule has 1 atom stereocenters. The van der Waals surface area contributed by atoms with Gasteiger partial charge < -0.3 is 19.3 Å². The summed E-state index contributed by atoms with van der Waals surface area (Å²) in [4.78, 5) is 49.2. The molecule has 0 saturated carbocycles. The summed E-state index contributed by atoms with van der Waals surface area (Å²) in [5.74, 6) is -1.77. The minimum atomic E-state index is -1.06. The number of esters is 1. The van der Waals surface area contributed by atoms with Crippen LogP contribution in [-0.4, -0.2) is 53.1 Å². The number of nitrogens with zero attached hydrogens (tertiary/aromatic N) is 3. The standard InChI is InChI=1S/C29H31N3O7S/c1-5-7-8-15-39-20-10-9-19(16-21(20)37-4)23-22(24(33)18-11-13-30-14-12-18)25(34)27(35)32(23)29-31-17(3)26(40-29)28(36)38-6-2/h9-14,16,23,33H,5-8,15H2,1-4H3/b24-22+. The number of carbonyl (C=O) groups excluding carboxylic acids is 3. The monoisotopic (exact) mass is 565 g/mol. The van der Waals surface area contributed by atoms with Gasteiger partial charge in [0.2, 0.25) is 0 Å². The van der Waals surface area contributed by atoms with Gasteiger partial charge >= 0.3 is 11.9 Å². The van der Waals surface area contributed by atoms with Crippen molar-refractivity contribution in [2.24, 2.45) is 0 Å². The number of rotatable bonds is 11. The van der Waals surface area contributed by atoms with E-state index in [9.17, 15) is 19.5 Å². The molecule has 3 aromatic rings. The molecule has 10 nitrogen and oxygen atoms in total. The van der Waals surface area contributed by atoms with Gasteiger partial charge in [0.25, 0.3) is 5.78 Å². The molecule has 3 heterocycles. The zero-order valence-corrected chi connectivity index (χ0v) is 23.6. The lowest BCUT2D eigenvalue weighted by atomic mass is 9.95. The molecule has 2 aromatic heterocycles. The summed E-state index contributed by atoms with van der Waals surface area (Å²) in [6.07, 6.45) is 5.93. The number of aromatic nitrogens is 2. The third-order valence-electron chi connectivity index (χ3n) is 6.36. The van der Waals surface area contributed by atoms with Crippen molar-refractivity contribution in [2.45, 2.75) is 46.1 Å². The molecule has 210 valence electrons. The summed E-state index contributed by atoms with van der Waals surface area (Å²) in [7, 11) is 1.50. The molecule has 0 bridgehead atoms. The van der Waals surface area contributed by atoms with Crippen LogP contribution in [0.2, 0.25) is 0 Å². The van der Waals surface area contributed by atoms with Crippen LogP contribution in [0.15, 0.2) is 48.3 Å². The van der Waals surface area contributed by atoms with E-state index in [0.29, 0.717) is 34.9 Å². The number of hydrogen-bond acceptors (Lipinski definition) is 10. The van der Waals surface area contributed by atoms with Crippen LogP contribution in [0.3, 0.4) is 0 Å². The molecule has 1 amide bonds. The number of pyridine rings is 1. The number of ketones is 1. The zero-order chi connectivity index (χ0) is 28.8. The lowest BCUT2D eigenvalue weighted by Gasteiger charge is -2.24. The van der Waals surface area contributed by atoms with Crippen molar-refractivity contribution in [3.8, 4) is 11.5 Å². The van der Waals surface area contributed by atoms with Crippen molar-refractivity contribution in [1.82, 2.24) is 9.97 Å². The van der Waals surface area contributed by atoms with Crippen molar-refractivity contribution < 1.29 is 33.7 Å². The van der Waals surface area contributed by atoms with Crippen LogP contribution in [-0.2, 0) is 14.3 Å². The molecule has 4 rings (SSSR count). The second kappa shape index (κ2) is 12.7. The summed E-state index contributed by atoms with van der Waals surface area (Å²) < 4.78 is 16.6. The predicted molar refractivity (Wildman–Crippen MR) is 150 cm³/mol. The highest BCUT2D eigenvalue weighted by Gasteiger charge is 2.48. The number of aliphatic hydroxyl groups is 1. The Morgan fingerprint density at radius 1 is 1.10 bits per heavy atom. The van der Waals surface area contributed by atoms with E-state index < -0.39 is 23.7 Å². The molecule has 1 aromatic carbocycles. The van der Waals surface area contributed by atoms with E-state index in [4.69, 9.17) is 14.2 Å². The Kier molecular flexibility index (Phi) is 9.15.